The van der Waals surface area contributed by atoms with Crippen LogP contribution in [-0.4, -0.2) is 17.4 Å². The molecule has 0 heterocycles. The van der Waals surface area contributed by atoms with Gasteiger partial charge in [0.15, 0.2) is 0 Å². The van der Waals surface area contributed by atoms with E-state index in [9.17, 15) is 9.90 Å². The predicted octanol–water partition coefficient (Wildman–Crippen LogP) is 2.27. The summed E-state index contributed by atoms with van der Waals surface area (Å²) in [5.74, 6) is 1.33. The molecule has 0 saturated heterocycles. The highest BCUT2D eigenvalue weighted by Crippen LogP contribution is 2.29. The van der Waals surface area contributed by atoms with Gasteiger partial charge in [-0.2, -0.15) is 0 Å². The summed E-state index contributed by atoms with van der Waals surface area (Å²) in [6.45, 7) is 0.744. The van der Waals surface area contributed by atoms with Crippen LogP contribution in [0.25, 0.3) is 0 Å². The van der Waals surface area contributed by atoms with Gasteiger partial charge in [-0.1, -0.05) is 12.1 Å². The normalized spacial score (nSPS) is 23.8. The van der Waals surface area contributed by atoms with Crippen molar-refractivity contribution >= 4 is 5.78 Å². The largest absolute Gasteiger partial charge is 0.508 e. The molecular formula is C15H21NO2. The fraction of sp³-hybridized carbons (Fsp3) is 0.533. The molecule has 1 fully saturated rings. The van der Waals surface area contributed by atoms with E-state index in [-0.39, 0.29) is 11.7 Å². The molecule has 0 unspecified atom stereocenters. The van der Waals surface area contributed by atoms with Crippen LogP contribution in [0.2, 0.25) is 0 Å². The van der Waals surface area contributed by atoms with Crippen molar-refractivity contribution in [2.45, 2.75) is 32.1 Å². The van der Waals surface area contributed by atoms with Crippen molar-refractivity contribution in [1.82, 2.24) is 0 Å². The van der Waals surface area contributed by atoms with Gasteiger partial charge in [-0.05, 0) is 55.8 Å². The maximum Gasteiger partial charge on any atom is 0.140 e. The summed E-state index contributed by atoms with van der Waals surface area (Å²) in [5, 5.41) is 9.38. The third-order valence-corrected chi connectivity index (χ3v) is 3.92. The van der Waals surface area contributed by atoms with Gasteiger partial charge in [-0.25, -0.2) is 0 Å². The molecule has 0 aromatic heterocycles. The van der Waals surface area contributed by atoms with E-state index in [1.807, 2.05) is 6.07 Å². The maximum atomic E-state index is 12.2. The zero-order valence-electron chi connectivity index (χ0n) is 10.6. The monoisotopic (exact) mass is 247 g/mol. The number of aromatic hydroxyl groups is 1. The van der Waals surface area contributed by atoms with Gasteiger partial charge in [0.05, 0.1) is 0 Å². The van der Waals surface area contributed by atoms with Crippen LogP contribution in [-0.2, 0) is 11.2 Å². The van der Waals surface area contributed by atoms with Gasteiger partial charge >= 0.3 is 0 Å². The molecule has 1 aliphatic carbocycles. The lowest BCUT2D eigenvalue weighted by atomic mass is 9.79. The Morgan fingerprint density at radius 2 is 2.00 bits per heavy atom. The SMILES string of the molecule is NCC1CCC(C(=O)Cc2cccc(O)c2)CC1. The molecule has 98 valence electrons. The first kappa shape index (κ1) is 13.1. The molecule has 2 rings (SSSR count). The van der Waals surface area contributed by atoms with Crippen LogP contribution in [0.4, 0.5) is 0 Å². The Morgan fingerprint density at radius 1 is 1.28 bits per heavy atom. The number of carbonyl (C=O) groups is 1. The standard InChI is InChI=1S/C15H21NO2/c16-10-11-4-6-13(7-5-11)15(18)9-12-2-1-3-14(17)8-12/h1-3,8,11,13,17H,4-7,9-10,16H2. The minimum atomic E-state index is 0.190. The summed E-state index contributed by atoms with van der Waals surface area (Å²) >= 11 is 0. The Labute approximate surface area is 108 Å². The van der Waals surface area contributed by atoms with Gasteiger partial charge in [0.2, 0.25) is 0 Å². The molecule has 18 heavy (non-hydrogen) atoms. The van der Waals surface area contributed by atoms with Crippen LogP contribution in [0.3, 0.4) is 0 Å². The van der Waals surface area contributed by atoms with Crippen molar-refractivity contribution in [2.75, 3.05) is 6.54 Å². The van der Waals surface area contributed by atoms with E-state index in [1.54, 1.807) is 18.2 Å². The first-order chi connectivity index (χ1) is 8.69. The number of carbonyl (C=O) groups excluding carboxylic acids is 1. The van der Waals surface area contributed by atoms with Crippen LogP contribution in [0, 0.1) is 11.8 Å². The van der Waals surface area contributed by atoms with Gasteiger partial charge in [0.1, 0.15) is 11.5 Å². The Kier molecular flexibility index (Phi) is 4.37. The lowest BCUT2D eigenvalue weighted by Crippen LogP contribution is -2.26. The van der Waals surface area contributed by atoms with Crippen LogP contribution in [0.5, 0.6) is 5.75 Å². The number of hydrogen-bond acceptors (Lipinski definition) is 3. The molecule has 1 aromatic carbocycles. The lowest BCUT2D eigenvalue weighted by molar-refractivity contribution is -0.123. The molecule has 0 amide bonds. The molecule has 3 N–H and O–H groups in total. The van der Waals surface area contributed by atoms with E-state index in [1.165, 1.54) is 0 Å². The lowest BCUT2D eigenvalue weighted by Gasteiger charge is -2.26. The Morgan fingerprint density at radius 3 is 2.61 bits per heavy atom. The summed E-state index contributed by atoms with van der Waals surface area (Å²) in [5.41, 5.74) is 6.56. The summed E-state index contributed by atoms with van der Waals surface area (Å²) in [6.07, 6.45) is 4.53. The molecule has 1 aliphatic rings. The Balaban J connectivity index is 1.89. The second kappa shape index (κ2) is 6.01. The highest BCUT2D eigenvalue weighted by molar-refractivity contribution is 5.83. The number of benzene rings is 1. The summed E-state index contributed by atoms with van der Waals surface area (Å²) < 4.78 is 0. The van der Waals surface area contributed by atoms with Crippen LogP contribution in [0.15, 0.2) is 24.3 Å². The Hall–Kier alpha value is -1.35. The molecule has 0 bridgehead atoms. The third-order valence-electron chi connectivity index (χ3n) is 3.92. The summed E-state index contributed by atoms with van der Waals surface area (Å²) in [7, 11) is 0. The van der Waals surface area contributed by atoms with E-state index in [0.29, 0.717) is 18.1 Å². The van der Waals surface area contributed by atoms with Crippen molar-refractivity contribution < 1.29 is 9.90 Å². The smallest absolute Gasteiger partial charge is 0.140 e. The van der Waals surface area contributed by atoms with Crippen LogP contribution in [0.1, 0.15) is 31.2 Å². The third kappa shape index (κ3) is 3.33. The number of phenols is 1. The average Bonchev–Trinajstić information content (AvgIpc) is 2.39. The van der Waals surface area contributed by atoms with Gasteiger partial charge in [-0.3, -0.25) is 4.79 Å². The van der Waals surface area contributed by atoms with Crippen LogP contribution >= 0.6 is 0 Å². The maximum absolute atomic E-state index is 12.2. The van der Waals surface area contributed by atoms with Crippen LogP contribution < -0.4 is 5.73 Å². The van der Waals surface area contributed by atoms with Crippen molar-refractivity contribution in [3.63, 3.8) is 0 Å². The minimum Gasteiger partial charge on any atom is -0.508 e. The number of ketones is 1. The first-order valence-electron chi connectivity index (χ1n) is 6.69. The second-order valence-corrected chi connectivity index (χ2v) is 5.27. The number of nitrogens with two attached hydrogens (primary N) is 1. The second-order valence-electron chi connectivity index (χ2n) is 5.27. The first-order valence-corrected chi connectivity index (χ1v) is 6.69. The molecule has 0 atom stereocenters. The topological polar surface area (TPSA) is 63.3 Å². The quantitative estimate of drug-likeness (QED) is 0.858. The van der Waals surface area contributed by atoms with E-state index in [2.05, 4.69) is 0 Å². The van der Waals surface area contributed by atoms with E-state index in [0.717, 1.165) is 37.8 Å². The highest BCUT2D eigenvalue weighted by atomic mass is 16.3. The molecule has 0 aliphatic heterocycles. The zero-order chi connectivity index (χ0) is 13.0. The molecule has 3 heteroatoms. The molecular weight excluding hydrogens is 226 g/mol. The number of Topliss-reactive ketones (excluding diaryl/α,β-unsaturated/α-hetero) is 1. The molecule has 0 radical (unpaired) electrons. The number of hydrogen-bond donors (Lipinski definition) is 2. The predicted molar refractivity (Wildman–Crippen MR) is 71.3 cm³/mol. The van der Waals surface area contributed by atoms with E-state index >= 15 is 0 Å². The molecule has 1 saturated carbocycles. The molecule has 1 aromatic rings. The zero-order valence-corrected chi connectivity index (χ0v) is 10.6. The fourth-order valence-corrected chi connectivity index (χ4v) is 2.73. The van der Waals surface area contributed by atoms with E-state index in [4.69, 9.17) is 5.73 Å². The average molecular weight is 247 g/mol. The van der Waals surface area contributed by atoms with Gasteiger partial charge < -0.3 is 10.8 Å². The highest BCUT2D eigenvalue weighted by Gasteiger charge is 2.25. The Bertz CT molecular complexity index is 409. The van der Waals surface area contributed by atoms with E-state index < -0.39 is 0 Å². The fourth-order valence-electron chi connectivity index (χ4n) is 2.73. The number of phenolic OH excluding ortho intramolecular Hbond substituents is 1. The van der Waals surface area contributed by atoms with Crippen molar-refractivity contribution in [3.05, 3.63) is 29.8 Å². The number of rotatable bonds is 4. The van der Waals surface area contributed by atoms with Crippen molar-refractivity contribution in [1.29, 1.82) is 0 Å². The van der Waals surface area contributed by atoms with Crippen molar-refractivity contribution in [3.8, 4) is 5.75 Å². The van der Waals surface area contributed by atoms with Gasteiger partial charge in [0, 0.05) is 12.3 Å². The summed E-state index contributed by atoms with van der Waals surface area (Å²) in [4.78, 5) is 12.2. The summed E-state index contributed by atoms with van der Waals surface area (Å²) in [6, 6.07) is 6.97. The van der Waals surface area contributed by atoms with Gasteiger partial charge in [-0.15, -0.1) is 0 Å². The van der Waals surface area contributed by atoms with Gasteiger partial charge in [0.25, 0.3) is 0 Å². The minimum absolute atomic E-state index is 0.190. The molecule has 0 spiro atoms. The molecule has 3 nitrogen and oxygen atoms in total. The van der Waals surface area contributed by atoms with Crippen molar-refractivity contribution in [2.24, 2.45) is 17.6 Å².